The summed E-state index contributed by atoms with van der Waals surface area (Å²) in [5.41, 5.74) is -0.315. The van der Waals surface area contributed by atoms with Gasteiger partial charge < -0.3 is 4.79 Å². The van der Waals surface area contributed by atoms with Gasteiger partial charge in [0, 0.05) is 11.8 Å². The number of carbonyl (C=O) groups is 1. The van der Waals surface area contributed by atoms with E-state index in [1.165, 1.54) is 0 Å². The molecule has 0 aliphatic carbocycles. The summed E-state index contributed by atoms with van der Waals surface area (Å²) >= 11 is 1.59. The number of hydrogen-bond donors (Lipinski definition) is 0. The van der Waals surface area contributed by atoms with Crippen LogP contribution in [-0.2, 0) is 17.6 Å². The van der Waals surface area contributed by atoms with Crippen molar-refractivity contribution in [3.05, 3.63) is 10.0 Å². The molecule has 72 valence electrons. The molecule has 0 unspecified atom stereocenters. The predicted molar refractivity (Wildman–Crippen MR) is 52.8 cm³/mol. The monoisotopic (exact) mass is 198 g/mol. The topological polar surface area (TPSA) is 42.9 Å². The van der Waals surface area contributed by atoms with E-state index in [4.69, 9.17) is 0 Å². The normalized spacial score (nSPS) is 11.6. The van der Waals surface area contributed by atoms with E-state index >= 15 is 0 Å². The van der Waals surface area contributed by atoms with Gasteiger partial charge in [-0.05, 0) is 6.42 Å². The molecule has 0 atom stereocenters. The second-order valence-corrected chi connectivity index (χ2v) is 4.87. The Hall–Kier alpha value is -0.770. The lowest BCUT2D eigenvalue weighted by molar-refractivity contribution is -0.114. The summed E-state index contributed by atoms with van der Waals surface area (Å²) in [5.74, 6) is 0. The molecular weight excluding hydrogens is 184 g/mol. The summed E-state index contributed by atoms with van der Waals surface area (Å²) in [4.78, 5) is 10.7. The molecule has 13 heavy (non-hydrogen) atoms. The van der Waals surface area contributed by atoms with Crippen molar-refractivity contribution >= 4 is 17.6 Å². The summed E-state index contributed by atoms with van der Waals surface area (Å²) in [6, 6.07) is 0. The highest BCUT2D eigenvalue weighted by molar-refractivity contribution is 7.11. The Labute approximate surface area is 82.2 Å². The summed E-state index contributed by atoms with van der Waals surface area (Å²) in [6.45, 7) is 5.87. The molecule has 0 spiro atoms. The van der Waals surface area contributed by atoms with Crippen LogP contribution in [0.3, 0.4) is 0 Å². The summed E-state index contributed by atoms with van der Waals surface area (Å²) in [6.07, 6.45) is 2.58. The Balaban J connectivity index is 2.69. The molecule has 0 fully saturated rings. The van der Waals surface area contributed by atoms with E-state index in [0.717, 1.165) is 22.7 Å². The van der Waals surface area contributed by atoms with E-state index in [0.29, 0.717) is 6.42 Å². The molecule has 0 aliphatic heterocycles. The minimum Gasteiger partial charge on any atom is -0.303 e. The van der Waals surface area contributed by atoms with Gasteiger partial charge in [0.25, 0.3) is 0 Å². The van der Waals surface area contributed by atoms with Crippen molar-refractivity contribution in [2.45, 2.75) is 33.6 Å². The van der Waals surface area contributed by atoms with Gasteiger partial charge in [-0.3, -0.25) is 0 Å². The third-order valence-corrected chi connectivity index (χ3v) is 2.80. The average Bonchev–Trinajstić information content (AvgIpc) is 2.52. The smallest absolute Gasteiger partial charge is 0.126 e. The van der Waals surface area contributed by atoms with Crippen molar-refractivity contribution in [2.75, 3.05) is 0 Å². The van der Waals surface area contributed by atoms with Crippen LogP contribution in [0.1, 0.15) is 30.8 Å². The van der Waals surface area contributed by atoms with Gasteiger partial charge in [-0.15, -0.1) is 21.5 Å². The van der Waals surface area contributed by atoms with Crippen molar-refractivity contribution in [2.24, 2.45) is 5.41 Å². The van der Waals surface area contributed by atoms with Crippen LogP contribution in [0, 0.1) is 5.41 Å². The quantitative estimate of drug-likeness (QED) is 0.694. The summed E-state index contributed by atoms with van der Waals surface area (Å²) in [7, 11) is 0. The van der Waals surface area contributed by atoms with Crippen LogP contribution in [0.2, 0.25) is 0 Å². The lowest BCUT2D eigenvalue weighted by Gasteiger charge is -2.12. The van der Waals surface area contributed by atoms with Gasteiger partial charge in [0.05, 0.1) is 0 Å². The standard InChI is InChI=1S/C9H14N2OS/c1-4-7-10-11-8(13-7)5-9(2,3)6-12/h6H,4-5H2,1-3H3. The maximum absolute atomic E-state index is 10.7. The lowest BCUT2D eigenvalue weighted by atomic mass is 9.92. The van der Waals surface area contributed by atoms with Crippen molar-refractivity contribution in [3.63, 3.8) is 0 Å². The van der Waals surface area contributed by atoms with E-state index in [-0.39, 0.29) is 5.41 Å². The molecule has 1 heterocycles. The van der Waals surface area contributed by atoms with Crippen LogP contribution >= 0.6 is 11.3 Å². The van der Waals surface area contributed by atoms with Gasteiger partial charge in [0.2, 0.25) is 0 Å². The molecule has 0 radical (unpaired) electrons. The molecule has 0 aliphatic rings. The Kier molecular flexibility index (Phi) is 3.14. The van der Waals surface area contributed by atoms with Gasteiger partial charge in [-0.25, -0.2) is 0 Å². The maximum Gasteiger partial charge on any atom is 0.126 e. The first-order valence-electron chi connectivity index (χ1n) is 4.35. The molecule has 1 rings (SSSR count). The maximum atomic E-state index is 10.7. The highest BCUT2D eigenvalue weighted by Crippen LogP contribution is 2.21. The zero-order chi connectivity index (χ0) is 9.90. The predicted octanol–water partition coefficient (Wildman–Crippen LogP) is 1.87. The Morgan fingerprint density at radius 2 is 2.00 bits per heavy atom. The fourth-order valence-electron chi connectivity index (χ4n) is 0.934. The minimum absolute atomic E-state index is 0.315. The Morgan fingerprint density at radius 3 is 2.46 bits per heavy atom. The number of hydrogen-bond acceptors (Lipinski definition) is 4. The van der Waals surface area contributed by atoms with Crippen LogP contribution in [0.25, 0.3) is 0 Å². The number of aromatic nitrogens is 2. The highest BCUT2D eigenvalue weighted by Gasteiger charge is 2.19. The van der Waals surface area contributed by atoms with Crippen molar-refractivity contribution in [3.8, 4) is 0 Å². The van der Waals surface area contributed by atoms with Crippen LogP contribution in [0.5, 0.6) is 0 Å². The van der Waals surface area contributed by atoms with Crippen LogP contribution in [-0.4, -0.2) is 16.5 Å². The average molecular weight is 198 g/mol. The van der Waals surface area contributed by atoms with Gasteiger partial charge in [-0.1, -0.05) is 20.8 Å². The van der Waals surface area contributed by atoms with Gasteiger partial charge in [0.1, 0.15) is 16.3 Å². The zero-order valence-electron chi connectivity index (χ0n) is 8.20. The Bertz CT molecular complexity index is 294. The third-order valence-electron chi connectivity index (χ3n) is 1.74. The molecule has 0 aromatic carbocycles. The summed E-state index contributed by atoms with van der Waals surface area (Å²) < 4.78 is 0. The minimum atomic E-state index is -0.315. The largest absolute Gasteiger partial charge is 0.303 e. The van der Waals surface area contributed by atoms with E-state index in [9.17, 15) is 4.79 Å². The second-order valence-electron chi connectivity index (χ2n) is 3.73. The van der Waals surface area contributed by atoms with E-state index in [1.54, 1.807) is 11.3 Å². The molecule has 0 N–H and O–H groups in total. The molecule has 3 nitrogen and oxygen atoms in total. The molecule has 0 saturated carbocycles. The fraction of sp³-hybridized carbons (Fsp3) is 0.667. The number of rotatable bonds is 4. The van der Waals surface area contributed by atoms with Gasteiger partial charge in [0.15, 0.2) is 0 Å². The molecule has 4 heteroatoms. The Morgan fingerprint density at radius 1 is 1.38 bits per heavy atom. The highest BCUT2D eigenvalue weighted by atomic mass is 32.1. The number of aldehydes is 1. The first kappa shape index (κ1) is 10.3. The van der Waals surface area contributed by atoms with Gasteiger partial charge >= 0.3 is 0 Å². The fourth-order valence-corrected chi connectivity index (χ4v) is 1.96. The number of nitrogens with zero attached hydrogens (tertiary/aromatic N) is 2. The first-order chi connectivity index (χ1) is 6.07. The van der Waals surface area contributed by atoms with E-state index in [1.807, 2.05) is 13.8 Å². The number of carbonyl (C=O) groups excluding carboxylic acids is 1. The van der Waals surface area contributed by atoms with Gasteiger partial charge in [-0.2, -0.15) is 0 Å². The van der Waals surface area contributed by atoms with Crippen LogP contribution in [0.15, 0.2) is 0 Å². The molecule has 1 aromatic heterocycles. The number of aryl methyl sites for hydroxylation is 1. The van der Waals surface area contributed by atoms with Crippen LogP contribution < -0.4 is 0 Å². The molecule has 1 aromatic rings. The van der Waals surface area contributed by atoms with Crippen molar-refractivity contribution < 1.29 is 4.79 Å². The zero-order valence-corrected chi connectivity index (χ0v) is 9.02. The lowest BCUT2D eigenvalue weighted by Crippen LogP contribution is -2.16. The van der Waals surface area contributed by atoms with Crippen LogP contribution in [0.4, 0.5) is 0 Å². The molecule has 0 saturated heterocycles. The second kappa shape index (κ2) is 3.96. The SMILES string of the molecule is CCc1nnc(CC(C)(C)C=O)s1. The first-order valence-corrected chi connectivity index (χ1v) is 5.16. The van der Waals surface area contributed by atoms with E-state index < -0.39 is 0 Å². The van der Waals surface area contributed by atoms with Crippen molar-refractivity contribution in [1.82, 2.24) is 10.2 Å². The molecule has 0 amide bonds. The molecular formula is C9H14N2OS. The summed E-state index contributed by atoms with van der Waals surface area (Å²) in [5, 5.41) is 10.0. The third kappa shape index (κ3) is 2.88. The van der Waals surface area contributed by atoms with Crippen molar-refractivity contribution in [1.29, 1.82) is 0 Å². The molecule has 0 bridgehead atoms. The van der Waals surface area contributed by atoms with E-state index in [2.05, 4.69) is 17.1 Å².